The van der Waals surface area contributed by atoms with Crippen LogP contribution in [0.1, 0.15) is 26.2 Å². The van der Waals surface area contributed by atoms with Crippen molar-refractivity contribution in [3.8, 4) is 0 Å². The van der Waals surface area contributed by atoms with Gasteiger partial charge >= 0.3 is 0 Å². The lowest BCUT2D eigenvalue weighted by atomic mass is 9.87. The molecule has 3 aliphatic rings. The number of hydrogen-bond acceptors (Lipinski definition) is 3. The second-order valence-electron chi connectivity index (χ2n) is 6.14. The van der Waals surface area contributed by atoms with Crippen LogP contribution in [0.25, 0.3) is 0 Å². The Morgan fingerprint density at radius 3 is 2.76 bits per heavy atom. The number of nitrogens with zero attached hydrogens (tertiary/aromatic N) is 1. The molecule has 4 heteroatoms. The molecule has 1 amide bonds. The van der Waals surface area contributed by atoms with Crippen LogP contribution in [0, 0.1) is 11.3 Å². The molecule has 1 N–H and O–H groups in total. The average molecular weight is 238 g/mol. The highest BCUT2D eigenvalue weighted by atomic mass is 16.5. The molecule has 2 heterocycles. The summed E-state index contributed by atoms with van der Waals surface area (Å²) in [6.45, 7) is 6.40. The first-order valence-corrected chi connectivity index (χ1v) is 6.77. The van der Waals surface area contributed by atoms with E-state index in [0.717, 1.165) is 12.6 Å². The fourth-order valence-electron chi connectivity index (χ4n) is 2.79. The Hall–Kier alpha value is -0.610. The van der Waals surface area contributed by atoms with Gasteiger partial charge in [-0.05, 0) is 38.6 Å². The molecule has 0 spiro atoms. The van der Waals surface area contributed by atoms with Crippen molar-refractivity contribution >= 4 is 5.91 Å². The standard InChI is InChI=1S/C13H22N2O2/c1-13(8-17-9-13)12(16)14-6-10-4-5-15(7-10)11-2-3-11/h10-11H,2-9H2,1H3,(H,14,16)/t10-/m1/s1. The highest BCUT2D eigenvalue weighted by Crippen LogP contribution is 2.31. The van der Waals surface area contributed by atoms with Crippen molar-refractivity contribution in [1.82, 2.24) is 10.2 Å². The summed E-state index contributed by atoms with van der Waals surface area (Å²) in [5, 5.41) is 3.10. The quantitative estimate of drug-likeness (QED) is 0.781. The van der Waals surface area contributed by atoms with Crippen LogP contribution in [0.3, 0.4) is 0 Å². The molecule has 2 saturated heterocycles. The van der Waals surface area contributed by atoms with Gasteiger partial charge in [0.2, 0.25) is 5.91 Å². The van der Waals surface area contributed by atoms with Crippen molar-refractivity contribution in [2.24, 2.45) is 11.3 Å². The van der Waals surface area contributed by atoms with E-state index in [2.05, 4.69) is 10.2 Å². The summed E-state index contributed by atoms with van der Waals surface area (Å²) in [7, 11) is 0. The van der Waals surface area contributed by atoms with Crippen LogP contribution in [0.15, 0.2) is 0 Å². The fraction of sp³-hybridized carbons (Fsp3) is 0.923. The van der Waals surface area contributed by atoms with Crippen molar-refractivity contribution in [1.29, 1.82) is 0 Å². The normalized spacial score (nSPS) is 32.2. The van der Waals surface area contributed by atoms with E-state index in [-0.39, 0.29) is 11.3 Å². The highest BCUT2D eigenvalue weighted by Gasteiger charge is 2.41. The summed E-state index contributed by atoms with van der Waals surface area (Å²) < 4.78 is 5.12. The Kier molecular flexibility index (Phi) is 2.87. The topological polar surface area (TPSA) is 41.6 Å². The molecule has 96 valence electrons. The highest BCUT2D eigenvalue weighted by molar-refractivity contribution is 5.83. The number of carbonyl (C=O) groups excluding carboxylic acids is 1. The maximum atomic E-state index is 11.9. The van der Waals surface area contributed by atoms with Gasteiger partial charge in [-0.2, -0.15) is 0 Å². The summed E-state index contributed by atoms with van der Waals surface area (Å²) in [4.78, 5) is 14.5. The second-order valence-corrected chi connectivity index (χ2v) is 6.14. The molecule has 0 aromatic carbocycles. The van der Waals surface area contributed by atoms with Gasteiger partial charge < -0.3 is 15.0 Å². The summed E-state index contributed by atoms with van der Waals surface area (Å²) in [5.74, 6) is 0.831. The Morgan fingerprint density at radius 2 is 2.18 bits per heavy atom. The number of rotatable bonds is 4. The Balaban J connectivity index is 1.41. The molecular weight excluding hydrogens is 216 g/mol. The van der Waals surface area contributed by atoms with Gasteiger partial charge in [-0.3, -0.25) is 4.79 Å². The molecule has 4 nitrogen and oxygen atoms in total. The molecule has 3 fully saturated rings. The largest absolute Gasteiger partial charge is 0.379 e. The van der Waals surface area contributed by atoms with E-state index in [1.54, 1.807) is 0 Å². The van der Waals surface area contributed by atoms with Gasteiger partial charge in [-0.25, -0.2) is 0 Å². The summed E-state index contributed by atoms with van der Waals surface area (Å²) in [6.07, 6.45) is 4.01. The minimum atomic E-state index is -0.255. The van der Waals surface area contributed by atoms with Crippen LogP contribution in [0.4, 0.5) is 0 Å². The van der Waals surface area contributed by atoms with Gasteiger partial charge in [0.15, 0.2) is 0 Å². The molecule has 1 atom stereocenters. The lowest BCUT2D eigenvalue weighted by Crippen LogP contribution is -2.52. The van der Waals surface area contributed by atoms with E-state index in [1.807, 2.05) is 6.92 Å². The predicted molar refractivity (Wildman–Crippen MR) is 64.6 cm³/mol. The third kappa shape index (κ3) is 2.33. The minimum Gasteiger partial charge on any atom is -0.379 e. The predicted octanol–water partition coefficient (Wildman–Crippen LogP) is 0.623. The Labute approximate surface area is 103 Å². The van der Waals surface area contributed by atoms with Crippen LogP contribution in [0.5, 0.6) is 0 Å². The van der Waals surface area contributed by atoms with Crippen LogP contribution in [-0.4, -0.2) is 49.7 Å². The first kappa shape index (κ1) is 11.5. The van der Waals surface area contributed by atoms with Crippen molar-refractivity contribution in [2.75, 3.05) is 32.8 Å². The fourth-order valence-corrected chi connectivity index (χ4v) is 2.79. The van der Waals surface area contributed by atoms with E-state index in [0.29, 0.717) is 19.1 Å². The Morgan fingerprint density at radius 1 is 1.41 bits per heavy atom. The van der Waals surface area contributed by atoms with Crippen LogP contribution >= 0.6 is 0 Å². The zero-order valence-corrected chi connectivity index (χ0v) is 10.6. The number of likely N-dealkylation sites (tertiary alicyclic amines) is 1. The molecule has 17 heavy (non-hydrogen) atoms. The first-order chi connectivity index (χ1) is 8.17. The third-order valence-electron chi connectivity index (χ3n) is 4.32. The summed E-state index contributed by atoms with van der Waals surface area (Å²) in [6, 6.07) is 0.869. The van der Waals surface area contributed by atoms with Crippen molar-refractivity contribution in [2.45, 2.75) is 32.2 Å². The summed E-state index contributed by atoms with van der Waals surface area (Å²) >= 11 is 0. The number of nitrogens with one attached hydrogen (secondary N) is 1. The maximum Gasteiger partial charge on any atom is 0.230 e. The number of amides is 1. The van der Waals surface area contributed by atoms with E-state index < -0.39 is 0 Å². The van der Waals surface area contributed by atoms with Crippen LogP contribution < -0.4 is 5.32 Å². The van der Waals surface area contributed by atoms with Crippen LogP contribution in [0.2, 0.25) is 0 Å². The third-order valence-corrected chi connectivity index (χ3v) is 4.32. The van der Waals surface area contributed by atoms with Gasteiger partial charge in [0, 0.05) is 19.1 Å². The second kappa shape index (κ2) is 4.25. The number of ether oxygens (including phenoxy) is 1. The molecule has 0 bridgehead atoms. The van der Waals surface area contributed by atoms with Gasteiger partial charge in [0.25, 0.3) is 0 Å². The Bertz CT molecular complexity index is 311. The molecule has 0 aromatic heterocycles. The van der Waals surface area contributed by atoms with Gasteiger partial charge in [-0.15, -0.1) is 0 Å². The van der Waals surface area contributed by atoms with E-state index in [4.69, 9.17) is 4.74 Å². The average Bonchev–Trinajstić information content (AvgIpc) is 3.03. The molecule has 0 radical (unpaired) electrons. The monoisotopic (exact) mass is 238 g/mol. The molecule has 0 unspecified atom stereocenters. The van der Waals surface area contributed by atoms with Gasteiger partial charge in [0.1, 0.15) is 0 Å². The molecule has 2 aliphatic heterocycles. The van der Waals surface area contributed by atoms with E-state index in [9.17, 15) is 4.79 Å². The smallest absolute Gasteiger partial charge is 0.230 e. The lowest BCUT2D eigenvalue weighted by molar-refractivity contribution is -0.157. The molecule has 3 rings (SSSR count). The van der Waals surface area contributed by atoms with E-state index >= 15 is 0 Å². The van der Waals surface area contributed by atoms with Crippen molar-refractivity contribution in [3.05, 3.63) is 0 Å². The van der Waals surface area contributed by atoms with Crippen molar-refractivity contribution in [3.63, 3.8) is 0 Å². The van der Waals surface area contributed by atoms with Crippen LogP contribution in [-0.2, 0) is 9.53 Å². The van der Waals surface area contributed by atoms with Crippen molar-refractivity contribution < 1.29 is 9.53 Å². The molecule has 1 aliphatic carbocycles. The lowest BCUT2D eigenvalue weighted by Gasteiger charge is -2.36. The zero-order valence-electron chi connectivity index (χ0n) is 10.6. The van der Waals surface area contributed by atoms with Gasteiger partial charge in [-0.1, -0.05) is 0 Å². The molecule has 1 saturated carbocycles. The first-order valence-electron chi connectivity index (χ1n) is 6.77. The molecular formula is C13H22N2O2. The zero-order chi connectivity index (χ0) is 11.9. The number of carbonyl (C=O) groups is 1. The maximum absolute atomic E-state index is 11.9. The van der Waals surface area contributed by atoms with Gasteiger partial charge in [0.05, 0.1) is 18.6 Å². The summed E-state index contributed by atoms with van der Waals surface area (Å²) in [5.41, 5.74) is -0.255. The SMILES string of the molecule is CC1(C(=O)NC[C@H]2CCN(C3CC3)C2)COC1. The molecule has 0 aromatic rings. The minimum absolute atomic E-state index is 0.175. The number of hydrogen-bond donors (Lipinski definition) is 1. The van der Waals surface area contributed by atoms with E-state index in [1.165, 1.54) is 32.4 Å².